The molecule has 1 aromatic carbocycles. The molecule has 3 aromatic rings. The zero-order valence-electron chi connectivity index (χ0n) is 14.4. The van der Waals surface area contributed by atoms with E-state index in [0.29, 0.717) is 0 Å². The van der Waals surface area contributed by atoms with E-state index in [1.807, 2.05) is 0 Å². The predicted octanol–water partition coefficient (Wildman–Crippen LogP) is 3.77. The minimum Gasteiger partial charge on any atom is -0.201 e. The molecule has 0 amide bonds. The summed E-state index contributed by atoms with van der Waals surface area (Å²) < 4.78 is 4.47. The highest BCUT2D eigenvalue weighted by Crippen LogP contribution is 2.29. The fourth-order valence-electron chi connectivity index (χ4n) is 3.17. The molecule has 2 aromatic heterocycles. The molecule has 0 saturated heterocycles. The molecule has 0 fully saturated rings. The monoisotopic (exact) mass is 304 g/mol. The Kier molecular flexibility index (Phi) is 4.24. The van der Waals surface area contributed by atoms with Gasteiger partial charge in [0, 0.05) is 35.4 Å². The maximum Gasteiger partial charge on any atom is 0.212 e. The number of benzene rings is 1. The zero-order chi connectivity index (χ0) is 16.4. The van der Waals surface area contributed by atoms with Crippen molar-refractivity contribution in [3.63, 3.8) is 0 Å². The lowest BCUT2D eigenvalue weighted by Crippen LogP contribution is -2.34. The van der Waals surface area contributed by atoms with Crippen molar-refractivity contribution in [3.05, 3.63) is 72.1 Å². The van der Waals surface area contributed by atoms with Crippen LogP contribution >= 0.6 is 0 Å². The number of nitrogens with zero attached hydrogens (tertiary/aromatic N) is 2. The fraction of sp³-hybridized carbons (Fsp3) is 0.238. The highest BCUT2D eigenvalue weighted by atomic mass is 14.9. The van der Waals surface area contributed by atoms with Crippen molar-refractivity contribution in [1.82, 2.24) is 0 Å². The van der Waals surface area contributed by atoms with Gasteiger partial charge in [-0.15, -0.1) is 0 Å². The third kappa shape index (κ3) is 2.89. The quantitative estimate of drug-likeness (QED) is 0.651. The van der Waals surface area contributed by atoms with Crippen LogP contribution in [-0.2, 0) is 13.6 Å². The van der Waals surface area contributed by atoms with E-state index >= 15 is 0 Å². The molecular formula is C21H24N2+2. The molecule has 0 saturated carbocycles. The average molecular weight is 304 g/mol. The van der Waals surface area contributed by atoms with Gasteiger partial charge in [-0.3, -0.25) is 0 Å². The largest absolute Gasteiger partial charge is 0.212 e. The number of hydrogen-bond donors (Lipinski definition) is 0. The van der Waals surface area contributed by atoms with Gasteiger partial charge < -0.3 is 0 Å². The lowest BCUT2D eigenvalue weighted by atomic mass is 9.95. The van der Waals surface area contributed by atoms with E-state index in [0.717, 1.165) is 6.54 Å². The van der Waals surface area contributed by atoms with E-state index in [-0.39, 0.29) is 0 Å². The third-order valence-electron chi connectivity index (χ3n) is 4.46. The molecule has 23 heavy (non-hydrogen) atoms. The first kappa shape index (κ1) is 15.4. The number of hydrogen-bond acceptors (Lipinski definition) is 0. The summed E-state index contributed by atoms with van der Waals surface area (Å²) in [6.07, 6.45) is 4.25. The number of rotatable bonds is 3. The average Bonchev–Trinajstić information content (AvgIpc) is 2.57. The minimum absolute atomic E-state index is 0.976. The van der Waals surface area contributed by atoms with Gasteiger partial charge >= 0.3 is 0 Å². The first-order chi connectivity index (χ1) is 11.1. The van der Waals surface area contributed by atoms with Gasteiger partial charge in [-0.25, -0.2) is 4.57 Å². The molecule has 2 heterocycles. The van der Waals surface area contributed by atoms with Gasteiger partial charge in [0.25, 0.3) is 0 Å². The van der Waals surface area contributed by atoms with Crippen LogP contribution in [0.15, 0.2) is 60.9 Å². The lowest BCUT2D eigenvalue weighted by Gasteiger charge is -2.10. The molecule has 0 radical (unpaired) electrons. The van der Waals surface area contributed by atoms with Crippen LogP contribution in [0.25, 0.3) is 22.5 Å². The van der Waals surface area contributed by atoms with E-state index in [1.165, 1.54) is 33.6 Å². The second-order valence-electron chi connectivity index (χ2n) is 6.05. The first-order valence-corrected chi connectivity index (χ1v) is 8.17. The molecule has 0 spiro atoms. The summed E-state index contributed by atoms with van der Waals surface area (Å²) in [6.45, 7) is 7.56. The summed E-state index contributed by atoms with van der Waals surface area (Å²) in [7, 11) is 2.10. The van der Waals surface area contributed by atoms with Crippen molar-refractivity contribution >= 4 is 0 Å². The summed E-state index contributed by atoms with van der Waals surface area (Å²) in [4.78, 5) is 0. The molecule has 0 bridgehead atoms. The van der Waals surface area contributed by atoms with Gasteiger partial charge in [-0.2, -0.15) is 4.57 Å². The molecule has 0 aliphatic rings. The van der Waals surface area contributed by atoms with Crippen molar-refractivity contribution in [2.24, 2.45) is 7.05 Å². The third-order valence-corrected chi connectivity index (χ3v) is 4.46. The molecular weight excluding hydrogens is 280 g/mol. The SMILES string of the molecule is CC[n+]1ccccc1-c1cc(C)c(-c2cccc[n+]2C)cc1C. The molecule has 0 aliphatic heterocycles. The van der Waals surface area contributed by atoms with Gasteiger partial charge in [0.1, 0.15) is 13.6 Å². The summed E-state index contributed by atoms with van der Waals surface area (Å²) in [6, 6.07) is 17.4. The maximum absolute atomic E-state index is 2.32. The molecule has 3 rings (SSSR count). The smallest absolute Gasteiger partial charge is 0.201 e. The van der Waals surface area contributed by atoms with E-state index in [1.54, 1.807) is 0 Å². The summed E-state index contributed by atoms with van der Waals surface area (Å²) >= 11 is 0. The van der Waals surface area contributed by atoms with Crippen LogP contribution in [0.5, 0.6) is 0 Å². The van der Waals surface area contributed by atoms with Crippen molar-refractivity contribution in [2.75, 3.05) is 0 Å². The molecule has 116 valence electrons. The van der Waals surface area contributed by atoms with Crippen LogP contribution in [0.3, 0.4) is 0 Å². The zero-order valence-corrected chi connectivity index (χ0v) is 14.4. The molecule has 0 atom stereocenters. The Morgan fingerprint density at radius 1 is 0.783 bits per heavy atom. The molecule has 2 nitrogen and oxygen atoms in total. The van der Waals surface area contributed by atoms with Crippen molar-refractivity contribution < 1.29 is 9.13 Å². The highest BCUT2D eigenvalue weighted by Gasteiger charge is 2.18. The fourth-order valence-corrected chi connectivity index (χ4v) is 3.17. The predicted molar refractivity (Wildman–Crippen MR) is 93.8 cm³/mol. The maximum atomic E-state index is 2.32. The normalized spacial score (nSPS) is 10.8. The van der Waals surface area contributed by atoms with Gasteiger partial charge in [0.15, 0.2) is 12.4 Å². The van der Waals surface area contributed by atoms with E-state index in [4.69, 9.17) is 0 Å². The molecule has 0 aliphatic carbocycles. The van der Waals surface area contributed by atoms with E-state index in [2.05, 4.69) is 97.9 Å². The number of aryl methyl sites for hydroxylation is 4. The lowest BCUT2D eigenvalue weighted by molar-refractivity contribution is -0.682. The van der Waals surface area contributed by atoms with Crippen LogP contribution in [0.2, 0.25) is 0 Å². The van der Waals surface area contributed by atoms with Crippen LogP contribution in [0, 0.1) is 13.8 Å². The Labute approximate surface area is 138 Å². The molecule has 0 unspecified atom stereocenters. The van der Waals surface area contributed by atoms with Crippen LogP contribution < -0.4 is 9.13 Å². The summed E-state index contributed by atoms with van der Waals surface area (Å²) in [5, 5.41) is 0. The molecule has 2 heteroatoms. The minimum atomic E-state index is 0.976. The Balaban J connectivity index is 2.17. The van der Waals surface area contributed by atoms with Crippen LogP contribution in [0.4, 0.5) is 0 Å². The van der Waals surface area contributed by atoms with Crippen molar-refractivity contribution in [2.45, 2.75) is 27.3 Å². The Hall–Kier alpha value is -2.48. The van der Waals surface area contributed by atoms with Crippen LogP contribution in [-0.4, -0.2) is 0 Å². The van der Waals surface area contributed by atoms with E-state index in [9.17, 15) is 0 Å². The highest BCUT2D eigenvalue weighted by molar-refractivity contribution is 5.71. The second kappa shape index (κ2) is 6.33. The Morgan fingerprint density at radius 2 is 1.35 bits per heavy atom. The Bertz CT molecular complexity index is 850. The van der Waals surface area contributed by atoms with Gasteiger partial charge in [-0.05, 0) is 56.2 Å². The van der Waals surface area contributed by atoms with Gasteiger partial charge in [0.05, 0.1) is 0 Å². The topological polar surface area (TPSA) is 7.76 Å². The standard InChI is InChI=1S/C21H24N2/c1-5-23-13-9-7-11-21(23)19-15-16(2)18(14-17(19)3)20-10-6-8-12-22(20)4/h6-15H,5H2,1-4H3/q+2. The summed E-state index contributed by atoms with van der Waals surface area (Å²) in [5.74, 6) is 0. The van der Waals surface area contributed by atoms with Gasteiger partial charge in [-0.1, -0.05) is 0 Å². The number of pyridine rings is 2. The van der Waals surface area contributed by atoms with Crippen molar-refractivity contribution in [1.29, 1.82) is 0 Å². The van der Waals surface area contributed by atoms with Crippen LogP contribution in [0.1, 0.15) is 18.1 Å². The summed E-state index contributed by atoms with van der Waals surface area (Å²) in [5.41, 5.74) is 7.75. The second-order valence-corrected chi connectivity index (χ2v) is 6.05. The van der Waals surface area contributed by atoms with E-state index < -0.39 is 0 Å². The Morgan fingerprint density at radius 3 is 1.96 bits per heavy atom. The van der Waals surface area contributed by atoms with Crippen molar-refractivity contribution in [3.8, 4) is 22.5 Å². The number of aromatic nitrogens is 2. The molecule has 0 N–H and O–H groups in total. The first-order valence-electron chi connectivity index (χ1n) is 8.17. The van der Waals surface area contributed by atoms with Gasteiger partial charge in [0.2, 0.25) is 11.4 Å².